The zero-order valence-electron chi connectivity index (χ0n) is 10.2. The van der Waals surface area contributed by atoms with Crippen LogP contribution in [0.25, 0.3) is 0 Å². The first-order valence-electron chi connectivity index (χ1n) is 6.33. The third-order valence-electron chi connectivity index (χ3n) is 3.33. The molecule has 3 N–H and O–H groups in total. The van der Waals surface area contributed by atoms with Crippen molar-refractivity contribution in [3.8, 4) is 0 Å². The summed E-state index contributed by atoms with van der Waals surface area (Å²) in [4.78, 5) is 11.9. The van der Waals surface area contributed by atoms with Crippen molar-refractivity contribution < 1.29 is 4.79 Å². The van der Waals surface area contributed by atoms with Crippen molar-refractivity contribution in [1.29, 1.82) is 0 Å². The number of hydrogen-bond donors (Lipinski definition) is 2. The number of hydrogen-bond acceptors (Lipinski definition) is 2. The van der Waals surface area contributed by atoms with Gasteiger partial charge in [-0.15, -0.1) is 0 Å². The summed E-state index contributed by atoms with van der Waals surface area (Å²) in [5.74, 6) is 0.554. The van der Waals surface area contributed by atoms with E-state index >= 15 is 0 Å². The van der Waals surface area contributed by atoms with E-state index in [0.29, 0.717) is 12.3 Å². The van der Waals surface area contributed by atoms with Crippen molar-refractivity contribution in [2.45, 2.75) is 38.3 Å². The monoisotopic (exact) mass is 232 g/mol. The Balaban J connectivity index is 2.06. The molecule has 0 heterocycles. The van der Waals surface area contributed by atoms with Crippen molar-refractivity contribution >= 4 is 5.91 Å². The van der Waals surface area contributed by atoms with Gasteiger partial charge in [0.15, 0.2) is 0 Å². The minimum absolute atomic E-state index is 0.0340. The molecule has 2 atom stereocenters. The molecular formula is C14H20N2O. The minimum atomic E-state index is -0.389. The summed E-state index contributed by atoms with van der Waals surface area (Å²) in [6.45, 7) is 1.93. The van der Waals surface area contributed by atoms with Gasteiger partial charge in [-0.2, -0.15) is 0 Å². The number of carbonyl (C=O) groups excluding carboxylic acids is 1. The highest BCUT2D eigenvalue weighted by Crippen LogP contribution is 2.40. The van der Waals surface area contributed by atoms with Crippen LogP contribution in [0.5, 0.6) is 0 Å². The summed E-state index contributed by atoms with van der Waals surface area (Å²) in [5.41, 5.74) is 6.94. The molecule has 92 valence electrons. The third-order valence-corrected chi connectivity index (χ3v) is 3.33. The maximum Gasteiger partial charge on any atom is 0.237 e. The predicted octanol–water partition coefficient (Wildman–Crippen LogP) is 1.99. The molecule has 2 rings (SSSR count). The molecule has 0 spiro atoms. The Hall–Kier alpha value is -1.35. The number of benzene rings is 1. The molecule has 1 amide bonds. The van der Waals surface area contributed by atoms with Gasteiger partial charge in [-0.05, 0) is 30.7 Å². The number of amides is 1. The third kappa shape index (κ3) is 3.07. The van der Waals surface area contributed by atoms with E-state index in [1.807, 2.05) is 25.1 Å². The maximum absolute atomic E-state index is 11.9. The zero-order chi connectivity index (χ0) is 12.3. The largest absolute Gasteiger partial charge is 0.348 e. The highest BCUT2D eigenvalue weighted by molar-refractivity contribution is 5.81. The van der Waals surface area contributed by atoms with Crippen LogP contribution < -0.4 is 11.1 Å². The molecule has 0 aliphatic heterocycles. The molecule has 3 heteroatoms. The van der Waals surface area contributed by atoms with Crippen molar-refractivity contribution in [2.75, 3.05) is 0 Å². The van der Waals surface area contributed by atoms with Gasteiger partial charge in [0.1, 0.15) is 0 Å². The van der Waals surface area contributed by atoms with Crippen molar-refractivity contribution in [1.82, 2.24) is 5.32 Å². The summed E-state index contributed by atoms with van der Waals surface area (Å²) in [5, 5.41) is 3.08. The molecule has 3 nitrogen and oxygen atoms in total. The fourth-order valence-electron chi connectivity index (χ4n) is 2.01. The molecule has 1 aromatic carbocycles. The van der Waals surface area contributed by atoms with E-state index in [0.717, 1.165) is 0 Å². The molecule has 1 aliphatic carbocycles. The van der Waals surface area contributed by atoms with Crippen LogP contribution in [0.1, 0.15) is 37.8 Å². The van der Waals surface area contributed by atoms with Crippen LogP contribution in [0.2, 0.25) is 0 Å². The second-order valence-corrected chi connectivity index (χ2v) is 4.75. The fourth-order valence-corrected chi connectivity index (χ4v) is 2.01. The van der Waals surface area contributed by atoms with E-state index < -0.39 is 0 Å². The summed E-state index contributed by atoms with van der Waals surface area (Å²) < 4.78 is 0. The average Bonchev–Trinajstić information content (AvgIpc) is 3.20. The van der Waals surface area contributed by atoms with Crippen molar-refractivity contribution in [2.24, 2.45) is 11.7 Å². The average molecular weight is 232 g/mol. The minimum Gasteiger partial charge on any atom is -0.348 e. The normalized spacial score (nSPS) is 18.5. The molecular weight excluding hydrogens is 212 g/mol. The zero-order valence-corrected chi connectivity index (χ0v) is 10.2. The van der Waals surface area contributed by atoms with E-state index in [-0.39, 0.29) is 18.0 Å². The quantitative estimate of drug-likeness (QED) is 0.815. The summed E-state index contributed by atoms with van der Waals surface area (Å²) >= 11 is 0. The molecule has 0 bridgehead atoms. The van der Waals surface area contributed by atoms with Crippen LogP contribution >= 0.6 is 0 Å². The molecule has 2 unspecified atom stereocenters. The van der Waals surface area contributed by atoms with Crippen LogP contribution in [-0.2, 0) is 4.79 Å². The first-order valence-corrected chi connectivity index (χ1v) is 6.33. The van der Waals surface area contributed by atoms with Gasteiger partial charge in [0.05, 0.1) is 12.1 Å². The van der Waals surface area contributed by atoms with Crippen LogP contribution in [-0.4, -0.2) is 11.9 Å². The summed E-state index contributed by atoms with van der Waals surface area (Å²) in [6.07, 6.45) is 3.07. The van der Waals surface area contributed by atoms with Gasteiger partial charge in [0.25, 0.3) is 0 Å². The maximum atomic E-state index is 11.9. The van der Waals surface area contributed by atoms with Gasteiger partial charge in [0.2, 0.25) is 5.91 Å². The lowest BCUT2D eigenvalue weighted by Gasteiger charge is -2.20. The van der Waals surface area contributed by atoms with Crippen LogP contribution in [0.4, 0.5) is 0 Å². The van der Waals surface area contributed by atoms with E-state index in [1.54, 1.807) is 0 Å². The van der Waals surface area contributed by atoms with Crippen molar-refractivity contribution in [3.63, 3.8) is 0 Å². The molecule has 0 aromatic heterocycles. The van der Waals surface area contributed by atoms with Crippen LogP contribution in [0, 0.1) is 5.92 Å². The Bertz CT molecular complexity index is 373. The Morgan fingerprint density at radius 3 is 2.59 bits per heavy atom. The van der Waals surface area contributed by atoms with Crippen molar-refractivity contribution in [3.05, 3.63) is 35.9 Å². The van der Waals surface area contributed by atoms with Gasteiger partial charge in [-0.1, -0.05) is 37.3 Å². The van der Waals surface area contributed by atoms with Gasteiger partial charge in [-0.25, -0.2) is 0 Å². The Labute approximate surface area is 102 Å². The van der Waals surface area contributed by atoms with Gasteiger partial charge < -0.3 is 11.1 Å². The number of nitrogens with one attached hydrogen (secondary N) is 1. The fraction of sp³-hybridized carbons (Fsp3) is 0.500. The molecule has 1 aromatic rings. The molecule has 0 radical (unpaired) electrons. The molecule has 1 fully saturated rings. The smallest absolute Gasteiger partial charge is 0.237 e. The predicted molar refractivity (Wildman–Crippen MR) is 68.3 cm³/mol. The van der Waals surface area contributed by atoms with Crippen LogP contribution in [0.15, 0.2) is 30.3 Å². The van der Waals surface area contributed by atoms with Crippen LogP contribution in [0.3, 0.4) is 0 Å². The topological polar surface area (TPSA) is 55.1 Å². The van der Waals surface area contributed by atoms with Gasteiger partial charge in [-0.3, -0.25) is 4.79 Å². The summed E-state index contributed by atoms with van der Waals surface area (Å²) in [6, 6.07) is 9.91. The SMILES string of the molecule is CCC(N)C(=O)NC(c1ccccc1)C1CC1. The molecule has 0 saturated heterocycles. The second-order valence-electron chi connectivity index (χ2n) is 4.75. The van der Waals surface area contributed by atoms with E-state index in [9.17, 15) is 4.79 Å². The second kappa shape index (κ2) is 5.32. The number of carbonyl (C=O) groups is 1. The lowest BCUT2D eigenvalue weighted by Crippen LogP contribution is -2.42. The Morgan fingerprint density at radius 1 is 1.41 bits per heavy atom. The highest BCUT2D eigenvalue weighted by Gasteiger charge is 2.33. The standard InChI is InChI=1S/C14H20N2O/c1-2-12(15)14(17)16-13(11-8-9-11)10-6-4-3-5-7-10/h3-7,11-13H,2,8-9,15H2,1H3,(H,16,17). The molecule has 1 aliphatic rings. The van der Waals surface area contributed by atoms with E-state index in [2.05, 4.69) is 17.4 Å². The van der Waals surface area contributed by atoms with E-state index in [1.165, 1.54) is 18.4 Å². The summed E-state index contributed by atoms with van der Waals surface area (Å²) in [7, 11) is 0. The lowest BCUT2D eigenvalue weighted by molar-refractivity contribution is -0.123. The first-order chi connectivity index (χ1) is 8.22. The van der Waals surface area contributed by atoms with E-state index in [4.69, 9.17) is 5.73 Å². The lowest BCUT2D eigenvalue weighted by atomic mass is 10.0. The highest BCUT2D eigenvalue weighted by atomic mass is 16.2. The van der Waals surface area contributed by atoms with Gasteiger partial charge in [0, 0.05) is 0 Å². The first kappa shape index (κ1) is 12.1. The Morgan fingerprint density at radius 2 is 2.06 bits per heavy atom. The van der Waals surface area contributed by atoms with Gasteiger partial charge >= 0.3 is 0 Å². The number of nitrogens with two attached hydrogens (primary N) is 1. The Kier molecular flexibility index (Phi) is 3.79. The molecule has 1 saturated carbocycles. The molecule has 17 heavy (non-hydrogen) atoms. The number of rotatable bonds is 5.